The smallest absolute Gasteiger partial charge is 0.338 e. The number of phenolic OH excluding ortho intramolecular Hbond substituents is 1. The molecule has 1 heterocycles. The SMILES string of the molecule is COC(=O)c1cccc2c1c1c(O)cccc1n2C(C)c1ccccc1. The fourth-order valence-corrected chi connectivity index (χ4v) is 3.70. The molecule has 1 aromatic heterocycles. The number of aromatic nitrogens is 1. The number of hydrogen-bond acceptors (Lipinski definition) is 3. The van der Waals surface area contributed by atoms with E-state index < -0.39 is 5.97 Å². The van der Waals surface area contributed by atoms with Crippen LogP contribution in [0.15, 0.2) is 66.7 Å². The van der Waals surface area contributed by atoms with Gasteiger partial charge in [0.25, 0.3) is 0 Å². The van der Waals surface area contributed by atoms with Gasteiger partial charge in [0.15, 0.2) is 0 Å². The summed E-state index contributed by atoms with van der Waals surface area (Å²) in [7, 11) is 1.37. The maximum absolute atomic E-state index is 12.3. The molecule has 4 heteroatoms. The Bertz CT molecular complexity index is 1110. The lowest BCUT2D eigenvalue weighted by Crippen LogP contribution is -2.07. The van der Waals surface area contributed by atoms with Gasteiger partial charge in [-0.3, -0.25) is 0 Å². The van der Waals surface area contributed by atoms with E-state index in [1.165, 1.54) is 7.11 Å². The number of carbonyl (C=O) groups is 1. The molecule has 0 fully saturated rings. The molecule has 0 bridgehead atoms. The van der Waals surface area contributed by atoms with Crippen LogP contribution in [-0.4, -0.2) is 22.8 Å². The van der Waals surface area contributed by atoms with Crippen molar-refractivity contribution in [3.05, 3.63) is 77.9 Å². The van der Waals surface area contributed by atoms with E-state index in [-0.39, 0.29) is 11.8 Å². The molecule has 1 N–H and O–H groups in total. The molecule has 0 saturated heterocycles. The topological polar surface area (TPSA) is 51.5 Å². The Kier molecular flexibility index (Phi) is 3.88. The van der Waals surface area contributed by atoms with Crippen LogP contribution in [0.5, 0.6) is 5.75 Å². The number of methoxy groups -OCH3 is 1. The molecule has 0 saturated carbocycles. The van der Waals surface area contributed by atoms with E-state index in [0.29, 0.717) is 10.9 Å². The number of rotatable bonds is 3. The molecule has 0 amide bonds. The number of hydrogen-bond donors (Lipinski definition) is 1. The van der Waals surface area contributed by atoms with Crippen LogP contribution in [-0.2, 0) is 4.74 Å². The normalized spacial score (nSPS) is 12.4. The highest BCUT2D eigenvalue weighted by atomic mass is 16.5. The third-order valence-electron chi connectivity index (χ3n) is 4.91. The molecule has 1 unspecified atom stereocenters. The summed E-state index contributed by atoms with van der Waals surface area (Å²) in [5, 5.41) is 11.9. The van der Waals surface area contributed by atoms with Crippen LogP contribution in [0.25, 0.3) is 21.8 Å². The average molecular weight is 345 g/mol. The monoisotopic (exact) mass is 345 g/mol. The molecule has 1 atom stereocenters. The summed E-state index contributed by atoms with van der Waals surface area (Å²) in [5.74, 6) is -0.256. The highest BCUT2D eigenvalue weighted by Crippen LogP contribution is 2.40. The summed E-state index contributed by atoms with van der Waals surface area (Å²) in [6, 6.07) is 21.2. The first kappa shape index (κ1) is 16.2. The summed E-state index contributed by atoms with van der Waals surface area (Å²) in [6.45, 7) is 2.11. The second-order valence-corrected chi connectivity index (χ2v) is 6.32. The number of nitrogens with zero attached hydrogens (tertiary/aromatic N) is 1. The van der Waals surface area contributed by atoms with Crippen molar-refractivity contribution < 1.29 is 14.6 Å². The molecule has 0 spiro atoms. The van der Waals surface area contributed by atoms with Crippen LogP contribution in [0.2, 0.25) is 0 Å². The summed E-state index contributed by atoms with van der Waals surface area (Å²) in [5.41, 5.74) is 3.38. The van der Waals surface area contributed by atoms with Crippen LogP contribution in [0.3, 0.4) is 0 Å². The van der Waals surface area contributed by atoms with Gasteiger partial charge >= 0.3 is 5.97 Å². The molecule has 0 aliphatic carbocycles. The molecule has 4 nitrogen and oxygen atoms in total. The van der Waals surface area contributed by atoms with Gasteiger partial charge in [0, 0.05) is 5.39 Å². The first-order chi connectivity index (χ1) is 12.6. The van der Waals surface area contributed by atoms with Gasteiger partial charge in [-0.1, -0.05) is 42.5 Å². The first-order valence-electron chi connectivity index (χ1n) is 8.51. The number of benzene rings is 3. The van der Waals surface area contributed by atoms with Crippen molar-refractivity contribution in [2.24, 2.45) is 0 Å². The highest BCUT2D eigenvalue weighted by molar-refractivity contribution is 6.19. The van der Waals surface area contributed by atoms with Crippen molar-refractivity contribution in [2.45, 2.75) is 13.0 Å². The Labute approximate surface area is 151 Å². The predicted molar refractivity (Wildman–Crippen MR) is 103 cm³/mol. The molecule has 4 rings (SSSR count). The van der Waals surface area contributed by atoms with Gasteiger partial charge < -0.3 is 14.4 Å². The second kappa shape index (κ2) is 6.23. The van der Waals surface area contributed by atoms with E-state index in [0.717, 1.165) is 22.0 Å². The van der Waals surface area contributed by atoms with E-state index in [1.54, 1.807) is 12.1 Å². The summed E-state index contributed by atoms with van der Waals surface area (Å²) in [4.78, 5) is 12.3. The highest BCUT2D eigenvalue weighted by Gasteiger charge is 2.22. The van der Waals surface area contributed by atoms with E-state index in [9.17, 15) is 9.90 Å². The fourth-order valence-electron chi connectivity index (χ4n) is 3.70. The largest absolute Gasteiger partial charge is 0.507 e. The van der Waals surface area contributed by atoms with Crippen LogP contribution >= 0.6 is 0 Å². The lowest BCUT2D eigenvalue weighted by atomic mass is 10.1. The standard InChI is InChI=1S/C22H19NO3/c1-14(15-8-4-3-5-9-15)23-17-11-6-10-16(22(25)26-2)20(17)21-18(23)12-7-13-19(21)24/h3-14,24H,1-2H3. The minimum Gasteiger partial charge on any atom is -0.507 e. The fraction of sp³-hybridized carbons (Fsp3) is 0.136. The Hall–Kier alpha value is -3.27. The van der Waals surface area contributed by atoms with Crippen molar-refractivity contribution in [1.29, 1.82) is 0 Å². The minimum atomic E-state index is -0.412. The van der Waals surface area contributed by atoms with E-state index in [1.807, 2.05) is 42.5 Å². The summed E-state index contributed by atoms with van der Waals surface area (Å²) >= 11 is 0. The Morgan fingerprint density at radius 2 is 1.58 bits per heavy atom. The summed E-state index contributed by atoms with van der Waals surface area (Å²) < 4.78 is 7.12. The van der Waals surface area contributed by atoms with Crippen molar-refractivity contribution in [2.75, 3.05) is 7.11 Å². The number of ether oxygens (including phenoxy) is 1. The zero-order chi connectivity index (χ0) is 18.3. The quantitative estimate of drug-likeness (QED) is 0.538. The number of carbonyl (C=O) groups excluding carboxylic acids is 1. The third-order valence-corrected chi connectivity index (χ3v) is 4.91. The van der Waals surface area contributed by atoms with Gasteiger partial charge in [-0.15, -0.1) is 0 Å². The Morgan fingerprint density at radius 1 is 0.923 bits per heavy atom. The van der Waals surface area contributed by atoms with E-state index in [2.05, 4.69) is 23.6 Å². The van der Waals surface area contributed by atoms with Gasteiger partial charge in [0.1, 0.15) is 5.75 Å². The van der Waals surface area contributed by atoms with Crippen molar-refractivity contribution in [3.63, 3.8) is 0 Å². The van der Waals surface area contributed by atoms with Crippen molar-refractivity contribution in [1.82, 2.24) is 4.57 Å². The van der Waals surface area contributed by atoms with Gasteiger partial charge in [-0.25, -0.2) is 4.79 Å². The molecule has 0 aliphatic heterocycles. The van der Waals surface area contributed by atoms with Crippen LogP contribution in [0, 0.1) is 0 Å². The number of phenols is 1. The first-order valence-corrected chi connectivity index (χ1v) is 8.51. The van der Waals surface area contributed by atoms with Crippen molar-refractivity contribution in [3.8, 4) is 5.75 Å². The molecular formula is C22H19NO3. The van der Waals surface area contributed by atoms with Gasteiger partial charge in [-0.05, 0) is 36.8 Å². The average Bonchev–Trinajstić information content (AvgIpc) is 3.03. The maximum Gasteiger partial charge on any atom is 0.338 e. The number of fused-ring (bicyclic) bond motifs is 3. The van der Waals surface area contributed by atoms with Crippen LogP contribution < -0.4 is 0 Å². The third kappa shape index (κ3) is 2.34. The molecular weight excluding hydrogens is 326 g/mol. The number of esters is 1. The lowest BCUT2D eigenvalue weighted by molar-refractivity contribution is 0.0603. The summed E-state index contributed by atoms with van der Waals surface area (Å²) in [6.07, 6.45) is 0. The Morgan fingerprint density at radius 3 is 2.27 bits per heavy atom. The van der Waals surface area contributed by atoms with Gasteiger partial charge in [0.2, 0.25) is 0 Å². The predicted octanol–water partition coefficient (Wildman–Crippen LogP) is 4.90. The van der Waals surface area contributed by atoms with Gasteiger partial charge in [-0.2, -0.15) is 0 Å². The van der Waals surface area contributed by atoms with Crippen molar-refractivity contribution >= 4 is 27.8 Å². The molecule has 0 radical (unpaired) electrons. The van der Waals surface area contributed by atoms with Crippen LogP contribution in [0.1, 0.15) is 28.9 Å². The minimum absolute atomic E-state index is 0.0332. The van der Waals surface area contributed by atoms with E-state index >= 15 is 0 Å². The second-order valence-electron chi connectivity index (χ2n) is 6.32. The molecule has 4 aromatic rings. The van der Waals surface area contributed by atoms with E-state index in [4.69, 9.17) is 4.74 Å². The zero-order valence-corrected chi connectivity index (χ0v) is 14.6. The van der Waals surface area contributed by atoms with Gasteiger partial charge in [0.05, 0.1) is 35.1 Å². The molecule has 0 aliphatic rings. The zero-order valence-electron chi connectivity index (χ0n) is 14.6. The lowest BCUT2D eigenvalue weighted by Gasteiger charge is -2.17. The molecule has 130 valence electrons. The Balaban J connectivity index is 2.13. The van der Waals surface area contributed by atoms with Crippen LogP contribution in [0.4, 0.5) is 0 Å². The maximum atomic E-state index is 12.3. The molecule has 26 heavy (non-hydrogen) atoms. The number of aromatic hydroxyl groups is 1. The molecule has 3 aromatic carbocycles.